The van der Waals surface area contributed by atoms with Crippen molar-refractivity contribution < 1.29 is 13.2 Å². The van der Waals surface area contributed by atoms with Gasteiger partial charge in [0.1, 0.15) is 12.4 Å². The minimum absolute atomic E-state index is 0.201. The van der Waals surface area contributed by atoms with Crippen molar-refractivity contribution in [3.8, 4) is 5.75 Å². The van der Waals surface area contributed by atoms with E-state index in [1.807, 2.05) is 13.1 Å². The van der Waals surface area contributed by atoms with Crippen molar-refractivity contribution in [2.75, 3.05) is 24.9 Å². The van der Waals surface area contributed by atoms with Gasteiger partial charge in [-0.25, -0.2) is 8.42 Å². The summed E-state index contributed by atoms with van der Waals surface area (Å²) in [6.45, 7) is 1.26. The van der Waals surface area contributed by atoms with Crippen LogP contribution < -0.4 is 14.8 Å². The van der Waals surface area contributed by atoms with E-state index in [1.54, 1.807) is 36.4 Å². The van der Waals surface area contributed by atoms with Crippen molar-refractivity contribution in [1.82, 2.24) is 5.32 Å². The summed E-state index contributed by atoms with van der Waals surface area (Å²) in [6.07, 6.45) is 0. The number of sulfonamides is 1. The molecule has 0 bridgehead atoms. The topological polar surface area (TPSA) is 67.4 Å². The van der Waals surface area contributed by atoms with Crippen molar-refractivity contribution in [3.05, 3.63) is 54.6 Å². The van der Waals surface area contributed by atoms with E-state index < -0.39 is 10.0 Å². The van der Waals surface area contributed by atoms with E-state index in [2.05, 4.69) is 10.0 Å². The monoisotopic (exact) mass is 306 g/mol. The number of ether oxygens (including phenoxy) is 1. The first kappa shape index (κ1) is 15.3. The second-order valence-corrected chi connectivity index (χ2v) is 6.08. The molecule has 2 N–H and O–H groups in total. The zero-order valence-corrected chi connectivity index (χ0v) is 12.6. The van der Waals surface area contributed by atoms with Crippen molar-refractivity contribution >= 4 is 15.7 Å². The lowest BCUT2D eigenvalue weighted by Crippen LogP contribution is -2.16. The Morgan fingerprint density at radius 3 is 2.29 bits per heavy atom. The van der Waals surface area contributed by atoms with Crippen molar-refractivity contribution in [3.63, 3.8) is 0 Å². The highest BCUT2D eigenvalue weighted by Gasteiger charge is 2.13. The van der Waals surface area contributed by atoms with Crippen LogP contribution in [0, 0.1) is 0 Å². The molecule has 0 radical (unpaired) electrons. The van der Waals surface area contributed by atoms with Crippen molar-refractivity contribution in [2.24, 2.45) is 0 Å². The van der Waals surface area contributed by atoms with Gasteiger partial charge in [0.15, 0.2) is 0 Å². The Balaban J connectivity index is 2.06. The molecule has 2 aromatic rings. The fourth-order valence-corrected chi connectivity index (χ4v) is 2.76. The molecule has 0 saturated heterocycles. The Hall–Kier alpha value is -2.05. The van der Waals surface area contributed by atoms with Gasteiger partial charge in [0.25, 0.3) is 10.0 Å². The Morgan fingerprint density at radius 2 is 1.67 bits per heavy atom. The number of anilines is 1. The summed E-state index contributed by atoms with van der Waals surface area (Å²) >= 11 is 0. The third-order valence-electron chi connectivity index (χ3n) is 2.78. The quantitative estimate of drug-likeness (QED) is 0.769. The summed E-state index contributed by atoms with van der Waals surface area (Å²) in [4.78, 5) is 0.201. The maximum Gasteiger partial charge on any atom is 0.261 e. The normalized spacial score (nSPS) is 11.1. The molecule has 0 fully saturated rings. The van der Waals surface area contributed by atoms with E-state index in [-0.39, 0.29) is 4.90 Å². The molecule has 2 rings (SSSR count). The molecule has 0 aliphatic rings. The third-order valence-corrected chi connectivity index (χ3v) is 4.18. The van der Waals surface area contributed by atoms with Gasteiger partial charge in [-0.1, -0.05) is 18.2 Å². The number of nitrogens with one attached hydrogen (secondary N) is 2. The fraction of sp³-hybridized carbons (Fsp3) is 0.200. The summed E-state index contributed by atoms with van der Waals surface area (Å²) in [7, 11) is -1.73. The molecule has 0 atom stereocenters. The van der Waals surface area contributed by atoms with Crippen LogP contribution in [0.4, 0.5) is 5.69 Å². The largest absolute Gasteiger partial charge is 0.492 e. The molecule has 112 valence electrons. The van der Waals surface area contributed by atoms with E-state index in [1.165, 1.54) is 12.1 Å². The van der Waals surface area contributed by atoms with E-state index in [0.717, 1.165) is 6.54 Å². The van der Waals surface area contributed by atoms with Gasteiger partial charge < -0.3 is 10.1 Å². The lowest BCUT2D eigenvalue weighted by Gasteiger charge is -2.09. The molecule has 2 aromatic carbocycles. The zero-order valence-electron chi connectivity index (χ0n) is 11.7. The van der Waals surface area contributed by atoms with E-state index in [4.69, 9.17) is 4.74 Å². The van der Waals surface area contributed by atoms with Gasteiger partial charge in [-0.05, 0) is 43.4 Å². The average molecular weight is 306 g/mol. The first-order valence-corrected chi connectivity index (χ1v) is 8.05. The Labute approximate surface area is 125 Å². The second-order valence-electron chi connectivity index (χ2n) is 4.39. The molecule has 5 nitrogen and oxygen atoms in total. The summed E-state index contributed by atoms with van der Waals surface area (Å²) in [6, 6.07) is 15.1. The van der Waals surface area contributed by atoms with Gasteiger partial charge >= 0.3 is 0 Å². The SMILES string of the molecule is CNCCOc1ccc(S(=O)(=O)Nc2ccccc2)cc1. The average Bonchev–Trinajstić information content (AvgIpc) is 2.49. The summed E-state index contributed by atoms with van der Waals surface area (Å²) < 4.78 is 32.4. The highest BCUT2D eigenvalue weighted by Crippen LogP contribution is 2.19. The molecule has 21 heavy (non-hydrogen) atoms. The summed E-state index contributed by atoms with van der Waals surface area (Å²) in [5.74, 6) is 0.643. The molecule has 0 unspecified atom stereocenters. The number of hydrogen-bond acceptors (Lipinski definition) is 4. The summed E-state index contributed by atoms with van der Waals surface area (Å²) in [5.41, 5.74) is 0.534. The predicted octanol–water partition coefficient (Wildman–Crippen LogP) is 2.09. The van der Waals surface area contributed by atoms with Gasteiger partial charge in [0.05, 0.1) is 4.90 Å². The van der Waals surface area contributed by atoms with E-state index >= 15 is 0 Å². The highest BCUT2D eigenvalue weighted by atomic mass is 32.2. The highest BCUT2D eigenvalue weighted by molar-refractivity contribution is 7.92. The fourth-order valence-electron chi connectivity index (χ4n) is 1.71. The molecular weight excluding hydrogens is 288 g/mol. The lowest BCUT2D eigenvalue weighted by atomic mass is 10.3. The predicted molar refractivity (Wildman–Crippen MR) is 83.1 cm³/mol. The molecule has 0 aromatic heterocycles. The smallest absolute Gasteiger partial charge is 0.261 e. The van der Waals surface area contributed by atoms with Gasteiger partial charge in [0.2, 0.25) is 0 Å². The van der Waals surface area contributed by atoms with Gasteiger partial charge in [-0.15, -0.1) is 0 Å². The first-order chi connectivity index (χ1) is 10.1. The number of likely N-dealkylation sites (N-methyl/N-ethyl adjacent to an activating group) is 1. The molecule has 0 aliphatic carbocycles. The van der Waals surface area contributed by atoms with Gasteiger partial charge in [0, 0.05) is 12.2 Å². The van der Waals surface area contributed by atoms with Crippen LogP contribution in [0.15, 0.2) is 59.5 Å². The third kappa shape index (κ3) is 4.47. The number of rotatable bonds is 7. The van der Waals surface area contributed by atoms with Gasteiger partial charge in [-0.3, -0.25) is 4.72 Å². The number of benzene rings is 2. The Morgan fingerprint density at radius 1 is 1.00 bits per heavy atom. The van der Waals surface area contributed by atoms with Gasteiger partial charge in [-0.2, -0.15) is 0 Å². The maximum absolute atomic E-state index is 12.2. The number of para-hydroxylation sites is 1. The summed E-state index contributed by atoms with van der Waals surface area (Å²) in [5, 5.41) is 2.97. The Kier molecular flexibility index (Phi) is 5.19. The van der Waals surface area contributed by atoms with Crippen LogP contribution in [0.25, 0.3) is 0 Å². The van der Waals surface area contributed by atoms with Crippen molar-refractivity contribution in [2.45, 2.75) is 4.90 Å². The molecular formula is C15H18N2O3S. The molecule has 0 aliphatic heterocycles. The van der Waals surface area contributed by atoms with Crippen LogP contribution in [0.5, 0.6) is 5.75 Å². The van der Waals surface area contributed by atoms with E-state index in [9.17, 15) is 8.42 Å². The lowest BCUT2D eigenvalue weighted by molar-refractivity contribution is 0.318. The van der Waals surface area contributed by atoms with Crippen LogP contribution >= 0.6 is 0 Å². The van der Waals surface area contributed by atoms with Crippen LogP contribution in [0.2, 0.25) is 0 Å². The van der Waals surface area contributed by atoms with Crippen LogP contribution in [0.1, 0.15) is 0 Å². The standard InChI is InChI=1S/C15H18N2O3S/c1-16-11-12-20-14-7-9-15(10-8-14)21(18,19)17-13-5-3-2-4-6-13/h2-10,16-17H,11-12H2,1H3. The van der Waals surface area contributed by atoms with Crippen LogP contribution in [-0.2, 0) is 10.0 Å². The first-order valence-electron chi connectivity index (χ1n) is 6.57. The second kappa shape index (κ2) is 7.10. The molecule has 0 spiro atoms. The minimum Gasteiger partial charge on any atom is -0.492 e. The molecule has 0 amide bonds. The van der Waals surface area contributed by atoms with Crippen LogP contribution in [0.3, 0.4) is 0 Å². The van der Waals surface area contributed by atoms with Crippen molar-refractivity contribution in [1.29, 1.82) is 0 Å². The van der Waals surface area contributed by atoms with E-state index in [0.29, 0.717) is 18.0 Å². The Bertz CT molecular complexity index is 655. The molecule has 0 heterocycles. The maximum atomic E-state index is 12.2. The molecule has 0 saturated carbocycles. The minimum atomic E-state index is -3.57. The molecule has 6 heteroatoms. The van der Waals surface area contributed by atoms with Crippen LogP contribution in [-0.4, -0.2) is 28.6 Å². The number of hydrogen-bond donors (Lipinski definition) is 2. The zero-order chi connectivity index (χ0) is 15.1.